The van der Waals surface area contributed by atoms with Crippen LogP contribution in [0.2, 0.25) is 0 Å². The van der Waals surface area contributed by atoms with Gasteiger partial charge >= 0.3 is 5.97 Å². The minimum absolute atomic E-state index is 0.130. The number of nitriles is 1. The number of rotatable bonds is 3. The Hall–Kier alpha value is -2.95. The molecule has 1 unspecified atom stereocenters. The van der Waals surface area contributed by atoms with Gasteiger partial charge in [0.05, 0.1) is 31.2 Å². The Morgan fingerprint density at radius 2 is 2.35 bits per heavy atom. The van der Waals surface area contributed by atoms with Crippen molar-refractivity contribution in [1.82, 2.24) is 20.0 Å². The van der Waals surface area contributed by atoms with Crippen LogP contribution < -0.4 is 4.90 Å². The Kier molecular flexibility index (Phi) is 4.19. The molecular formula is C15H16N6O2. The smallest absolute Gasteiger partial charge is 0.360 e. The summed E-state index contributed by atoms with van der Waals surface area (Å²) in [6.45, 7) is 1.67. The van der Waals surface area contributed by atoms with Gasteiger partial charge in [0.15, 0.2) is 5.69 Å². The minimum atomic E-state index is -0.486. The number of carbonyl (C=O) groups is 1. The molecule has 0 aliphatic carbocycles. The number of esters is 1. The number of hydrogen-bond donors (Lipinski definition) is 0. The molecule has 23 heavy (non-hydrogen) atoms. The van der Waals surface area contributed by atoms with Crippen LogP contribution in [0.1, 0.15) is 35.1 Å². The zero-order valence-electron chi connectivity index (χ0n) is 12.7. The highest BCUT2D eigenvalue weighted by Gasteiger charge is 2.24. The van der Waals surface area contributed by atoms with E-state index in [-0.39, 0.29) is 11.7 Å². The molecule has 1 fully saturated rings. The van der Waals surface area contributed by atoms with Crippen LogP contribution in [-0.4, -0.2) is 46.1 Å². The molecule has 3 rings (SSSR count). The highest BCUT2D eigenvalue weighted by molar-refractivity contribution is 5.86. The van der Waals surface area contributed by atoms with E-state index in [0.29, 0.717) is 5.69 Å². The molecule has 1 aliphatic rings. The summed E-state index contributed by atoms with van der Waals surface area (Å²) < 4.78 is 6.37. The van der Waals surface area contributed by atoms with Gasteiger partial charge in [0.2, 0.25) is 0 Å². The first-order valence-electron chi connectivity index (χ1n) is 7.32. The molecule has 0 bridgehead atoms. The van der Waals surface area contributed by atoms with E-state index in [1.807, 2.05) is 12.1 Å². The van der Waals surface area contributed by atoms with Gasteiger partial charge < -0.3 is 9.64 Å². The fraction of sp³-hybridized carbons (Fsp3) is 0.400. The topological polar surface area (TPSA) is 96.9 Å². The molecule has 0 N–H and O–H groups in total. The molecular weight excluding hydrogens is 296 g/mol. The first-order valence-corrected chi connectivity index (χ1v) is 7.32. The third kappa shape index (κ3) is 3.13. The number of ether oxygens (including phenoxy) is 1. The zero-order valence-corrected chi connectivity index (χ0v) is 12.7. The molecule has 0 radical (unpaired) electrons. The van der Waals surface area contributed by atoms with Crippen molar-refractivity contribution in [2.45, 2.75) is 18.9 Å². The summed E-state index contributed by atoms with van der Waals surface area (Å²) >= 11 is 0. The lowest BCUT2D eigenvalue weighted by atomic mass is 10.1. The fourth-order valence-corrected chi connectivity index (χ4v) is 2.70. The van der Waals surface area contributed by atoms with Gasteiger partial charge in [-0.15, -0.1) is 5.10 Å². The third-order valence-corrected chi connectivity index (χ3v) is 3.90. The predicted octanol–water partition coefficient (Wildman–Crippen LogP) is 1.17. The van der Waals surface area contributed by atoms with Crippen LogP contribution in [0.4, 0.5) is 5.69 Å². The van der Waals surface area contributed by atoms with E-state index in [1.165, 1.54) is 7.11 Å². The highest BCUT2D eigenvalue weighted by Crippen LogP contribution is 2.25. The quantitative estimate of drug-likeness (QED) is 0.785. The molecule has 1 saturated heterocycles. The van der Waals surface area contributed by atoms with Crippen LogP contribution in [0, 0.1) is 11.3 Å². The molecule has 8 heteroatoms. The van der Waals surface area contributed by atoms with Crippen molar-refractivity contribution >= 4 is 11.7 Å². The van der Waals surface area contributed by atoms with Crippen molar-refractivity contribution < 1.29 is 9.53 Å². The van der Waals surface area contributed by atoms with Gasteiger partial charge in [0.25, 0.3) is 0 Å². The summed E-state index contributed by atoms with van der Waals surface area (Å²) in [4.78, 5) is 17.8. The molecule has 1 aliphatic heterocycles. The summed E-state index contributed by atoms with van der Waals surface area (Å²) in [6, 6.07) is 5.75. The SMILES string of the molecule is COC(=O)c1cn(C2CCCN(c3ccc(C#N)nc3)C2)nn1. The average Bonchev–Trinajstić information content (AvgIpc) is 3.11. The largest absolute Gasteiger partial charge is 0.464 e. The van der Waals surface area contributed by atoms with Gasteiger partial charge in [0.1, 0.15) is 11.8 Å². The lowest BCUT2D eigenvalue weighted by Gasteiger charge is -2.33. The first-order chi connectivity index (χ1) is 11.2. The van der Waals surface area contributed by atoms with Crippen molar-refractivity contribution in [3.63, 3.8) is 0 Å². The Labute approximate surface area is 133 Å². The van der Waals surface area contributed by atoms with E-state index < -0.39 is 5.97 Å². The second-order valence-electron chi connectivity index (χ2n) is 5.33. The lowest BCUT2D eigenvalue weighted by Crippen LogP contribution is -2.36. The van der Waals surface area contributed by atoms with E-state index in [9.17, 15) is 4.79 Å². The molecule has 2 aromatic rings. The van der Waals surface area contributed by atoms with Crippen LogP contribution in [0.3, 0.4) is 0 Å². The maximum absolute atomic E-state index is 11.5. The van der Waals surface area contributed by atoms with E-state index in [2.05, 4.69) is 24.9 Å². The van der Waals surface area contributed by atoms with Gasteiger partial charge in [-0.25, -0.2) is 14.5 Å². The molecule has 0 aromatic carbocycles. The lowest BCUT2D eigenvalue weighted by molar-refractivity contribution is 0.0594. The first kappa shape index (κ1) is 15.0. The van der Waals surface area contributed by atoms with Crippen LogP contribution in [0.5, 0.6) is 0 Å². The second-order valence-corrected chi connectivity index (χ2v) is 5.33. The standard InChI is InChI=1S/C15H16N6O2/c1-23-15(22)14-10-21(19-18-14)13-3-2-6-20(9-13)12-5-4-11(7-16)17-8-12/h4-5,8,10,13H,2-3,6,9H2,1H3. The fourth-order valence-electron chi connectivity index (χ4n) is 2.70. The van der Waals surface area contributed by atoms with E-state index in [0.717, 1.165) is 31.6 Å². The Morgan fingerprint density at radius 3 is 3.04 bits per heavy atom. The average molecular weight is 312 g/mol. The molecule has 118 valence electrons. The summed E-state index contributed by atoms with van der Waals surface area (Å²) in [7, 11) is 1.32. The van der Waals surface area contributed by atoms with Gasteiger partial charge in [-0.3, -0.25) is 0 Å². The normalized spacial score (nSPS) is 17.6. The number of aromatic nitrogens is 4. The zero-order chi connectivity index (χ0) is 16.2. The summed E-state index contributed by atoms with van der Waals surface area (Å²) in [5, 5.41) is 16.7. The maximum Gasteiger partial charge on any atom is 0.360 e. The molecule has 8 nitrogen and oxygen atoms in total. The third-order valence-electron chi connectivity index (χ3n) is 3.90. The van der Waals surface area contributed by atoms with Gasteiger partial charge in [-0.05, 0) is 25.0 Å². The Balaban J connectivity index is 1.74. The Morgan fingerprint density at radius 1 is 1.48 bits per heavy atom. The molecule has 2 aromatic heterocycles. The molecule has 0 spiro atoms. The van der Waals surface area contributed by atoms with Crippen molar-refractivity contribution in [1.29, 1.82) is 5.26 Å². The molecule has 0 saturated carbocycles. The van der Waals surface area contributed by atoms with Crippen LogP contribution in [0.25, 0.3) is 0 Å². The number of anilines is 1. The molecule has 3 heterocycles. The monoisotopic (exact) mass is 312 g/mol. The summed E-state index contributed by atoms with van der Waals surface area (Å²) in [6.07, 6.45) is 5.29. The number of carbonyl (C=O) groups excluding carboxylic acids is 1. The number of methoxy groups -OCH3 is 1. The van der Waals surface area contributed by atoms with Crippen LogP contribution >= 0.6 is 0 Å². The number of hydrogen-bond acceptors (Lipinski definition) is 7. The van der Waals surface area contributed by atoms with Crippen LogP contribution in [-0.2, 0) is 4.74 Å². The van der Waals surface area contributed by atoms with Gasteiger partial charge in [-0.1, -0.05) is 5.21 Å². The number of pyridine rings is 1. The highest BCUT2D eigenvalue weighted by atomic mass is 16.5. The number of nitrogens with zero attached hydrogens (tertiary/aromatic N) is 6. The van der Waals surface area contributed by atoms with Gasteiger partial charge in [0, 0.05) is 13.1 Å². The maximum atomic E-state index is 11.5. The minimum Gasteiger partial charge on any atom is -0.464 e. The summed E-state index contributed by atoms with van der Waals surface area (Å²) in [5.41, 5.74) is 1.59. The van der Waals surface area contributed by atoms with Crippen molar-refractivity contribution in [3.05, 3.63) is 35.9 Å². The van der Waals surface area contributed by atoms with E-state index in [4.69, 9.17) is 5.26 Å². The van der Waals surface area contributed by atoms with Crippen LogP contribution in [0.15, 0.2) is 24.5 Å². The van der Waals surface area contributed by atoms with Crippen molar-refractivity contribution in [2.75, 3.05) is 25.1 Å². The Bertz CT molecular complexity index is 733. The summed E-state index contributed by atoms with van der Waals surface area (Å²) in [5.74, 6) is -0.486. The molecule has 1 atom stereocenters. The predicted molar refractivity (Wildman–Crippen MR) is 80.8 cm³/mol. The van der Waals surface area contributed by atoms with Crippen molar-refractivity contribution in [3.8, 4) is 6.07 Å². The van der Waals surface area contributed by atoms with E-state index in [1.54, 1.807) is 23.1 Å². The van der Waals surface area contributed by atoms with E-state index >= 15 is 0 Å². The second kappa shape index (κ2) is 6.44. The van der Waals surface area contributed by atoms with Gasteiger partial charge in [-0.2, -0.15) is 5.26 Å². The number of piperidine rings is 1. The van der Waals surface area contributed by atoms with Crippen molar-refractivity contribution in [2.24, 2.45) is 0 Å². The molecule has 0 amide bonds.